The fraction of sp³-hybridized carbons (Fsp3) is 0.750. The molecule has 1 atom stereocenters. The van der Waals surface area contributed by atoms with Crippen LogP contribution < -0.4 is 10.6 Å². The first kappa shape index (κ1) is 13.2. The van der Waals surface area contributed by atoms with Gasteiger partial charge in [0.05, 0.1) is 13.2 Å². The Labute approximate surface area is 97.4 Å². The summed E-state index contributed by atoms with van der Waals surface area (Å²) in [6.07, 6.45) is 2.69. The van der Waals surface area contributed by atoms with E-state index in [-0.39, 0.29) is 5.91 Å². The molecule has 0 aromatic carbocycles. The van der Waals surface area contributed by atoms with Crippen molar-refractivity contribution in [2.45, 2.75) is 32.2 Å². The number of carbonyl (C=O) groups is 1. The van der Waals surface area contributed by atoms with Crippen molar-refractivity contribution in [3.63, 3.8) is 0 Å². The van der Waals surface area contributed by atoms with Crippen LogP contribution in [0.2, 0.25) is 0 Å². The molecule has 1 heterocycles. The Morgan fingerprint density at radius 2 is 2.50 bits per heavy atom. The standard InChI is InChI=1S/C12H22N2O2/c1-10(2)9-16-7-6-13-11-4-3-5-14-12(15)8-11/h11,13H,1,3-9H2,2H3,(H,14,15). The molecule has 1 aliphatic rings. The van der Waals surface area contributed by atoms with Gasteiger partial charge in [-0.2, -0.15) is 0 Å². The predicted octanol–water partition coefficient (Wildman–Crippen LogP) is 0.837. The molecule has 1 rings (SSSR count). The lowest BCUT2D eigenvalue weighted by Gasteiger charge is -2.14. The normalized spacial score (nSPS) is 21.3. The van der Waals surface area contributed by atoms with Crippen LogP contribution in [0.5, 0.6) is 0 Å². The van der Waals surface area contributed by atoms with E-state index in [1.807, 2.05) is 6.92 Å². The van der Waals surface area contributed by atoms with E-state index >= 15 is 0 Å². The van der Waals surface area contributed by atoms with Gasteiger partial charge in [0.1, 0.15) is 0 Å². The summed E-state index contributed by atoms with van der Waals surface area (Å²) in [6.45, 7) is 8.61. The van der Waals surface area contributed by atoms with E-state index in [2.05, 4.69) is 17.2 Å². The minimum atomic E-state index is 0.151. The second-order valence-electron chi connectivity index (χ2n) is 4.36. The van der Waals surface area contributed by atoms with Gasteiger partial charge in [-0.3, -0.25) is 4.79 Å². The largest absolute Gasteiger partial charge is 0.376 e. The summed E-state index contributed by atoms with van der Waals surface area (Å²) in [5.41, 5.74) is 1.04. The van der Waals surface area contributed by atoms with Crippen molar-refractivity contribution in [1.82, 2.24) is 10.6 Å². The zero-order chi connectivity index (χ0) is 11.8. The molecule has 1 saturated heterocycles. The second kappa shape index (κ2) is 7.41. The van der Waals surface area contributed by atoms with E-state index in [4.69, 9.17) is 4.74 Å². The number of rotatable bonds is 6. The third-order valence-corrected chi connectivity index (χ3v) is 2.51. The highest BCUT2D eigenvalue weighted by Crippen LogP contribution is 2.05. The molecule has 0 aromatic rings. The maximum Gasteiger partial charge on any atom is 0.221 e. The molecular weight excluding hydrogens is 204 g/mol. The predicted molar refractivity (Wildman–Crippen MR) is 64.3 cm³/mol. The maximum atomic E-state index is 11.3. The van der Waals surface area contributed by atoms with E-state index in [1.54, 1.807) is 0 Å². The van der Waals surface area contributed by atoms with Crippen molar-refractivity contribution in [2.24, 2.45) is 0 Å². The lowest BCUT2D eigenvalue weighted by Crippen LogP contribution is -2.34. The molecule has 0 spiro atoms. The summed E-state index contributed by atoms with van der Waals surface area (Å²) in [5.74, 6) is 0.151. The first-order valence-corrected chi connectivity index (χ1v) is 5.90. The molecule has 1 unspecified atom stereocenters. The SMILES string of the molecule is C=C(C)COCCNC1CCCNC(=O)C1. The zero-order valence-corrected chi connectivity index (χ0v) is 10.1. The van der Waals surface area contributed by atoms with Gasteiger partial charge < -0.3 is 15.4 Å². The number of nitrogens with one attached hydrogen (secondary N) is 2. The molecule has 4 nitrogen and oxygen atoms in total. The van der Waals surface area contributed by atoms with Crippen molar-refractivity contribution in [1.29, 1.82) is 0 Å². The third kappa shape index (κ3) is 5.88. The minimum absolute atomic E-state index is 0.151. The van der Waals surface area contributed by atoms with Crippen LogP contribution in [0.25, 0.3) is 0 Å². The van der Waals surface area contributed by atoms with Crippen LogP contribution in [0, 0.1) is 0 Å². The Morgan fingerprint density at radius 3 is 3.25 bits per heavy atom. The molecule has 0 aliphatic carbocycles. The van der Waals surface area contributed by atoms with Crippen molar-refractivity contribution in [3.05, 3.63) is 12.2 Å². The Morgan fingerprint density at radius 1 is 1.69 bits per heavy atom. The molecule has 2 N–H and O–H groups in total. The molecule has 1 amide bonds. The Bertz CT molecular complexity index is 241. The van der Waals surface area contributed by atoms with Gasteiger partial charge in [-0.05, 0) is 19.8 Å². The van der Waals surface area contributed by atoms with Crippen LogP contribution in [-0.4, -0.2) is 38.3 Å². The number of hydrogen-bond acceptors (Lipinski definition) is 3. The molecular formula is C12H22N2O2. The average molecular weight is 226 g/mol. The molecule has 0 aromatic heterocycles. The van der Waals surface area contributed by atoms with Gasteiger partial charge in [0.15, 0.2) is 0 Å². The van der Waals surface area contributed by atoms with E-state index in [0.717, 1.165) is 31.5 Å². The summed E-state index contributed by atoms with van der Waals surface area (Å²) in [5, 5.41) is 6.22. The van der Waals surface area contributed by atoms with Gasteiger partial charge in [-0.15, -0.1) is 0 Å². The van der Waals surface area contributed by atoms with Gasteiger partial charge in [0.25, 0.3) is 0 Å². The van der Waals surface area contributed by atoms with Crippen LogP contribution in [-0.2, 0) is 9.53 Å². The smallest absolute Gasteiger partial charge is 0.221 e. The van der Waals surface area contributed by atoms with Crippen LogP contribution in [0.4, 0.5) is 0 Å². The third-order valence-electron chi connectivity index (χ3n) is 2.51. The Kier molecular flexibility index (Phi) is 6.11. The Hall–Kier alpha value is -0.870. The first-order chi connectivity index (χ1) is 7.68. The van der Waals surface area contributed by atoms with Gasteiger partial charge >= 0.3 is 0 Å². The lowest BCUT2D eigenvalue weighted by molar-refractivity contribution is -0.121. The molecule has 4 heteroatoms. The first-order valence-electron chi connectivity index (χ1n) is 5.90. The van der Waals surface area contributed by atoms with E-state index in [1.165, 1.54) is 0 Å². The van der Waals surface area contributed by atoms with Crippen molar-refractivity contribution < 1.29 is 9.53 Å². The fourth-order valence-electron chi connectivity index (χ4n) is 1.73. The van der Waals surface area contributed by atoms with Gasteiger partial charge in [0.2, 0.25) is 5.91 Å². The van der Waals surface area contributed by atoms with Gasteiger partial charge in [-0.1, -0.05) is 12.2 Å². The molecule has 1 aliphatic heterocycles. The van der Waals surface area contributed by atoms with Crippen molar-refractivity contribution in [2.75, 3.05) is 26.3 Å². The lowest BCUT2D eigenvalue weighted by atomic mass is 10.1. The molecule has 0 radical (unpaired) electrons. The van der Waals surface area contributed by atoms with Crippen molar-refractivity contribution >= 4 is 5.91 Å². The monoisotopic (exact) mass is 226 g/mol. The highest BCUT2D eigenvalue weighted by atomic mass is 16.5. The number of ether oxygens (including phenoxy) is 1. The van der Waals surface area contributed by atoms with Gasteiger partial charge in [0, 0.05) is 25.6 Å². The van der Waals surface area contributed by atoms with Crippen LogP contribution in [0.15, 0.2) is 12.2 Å². The average Bonchev–Trinajstić information content (AvgIpc) is 2.42. The maximum absolute atomic E-state index is 11.3. The molecule has 16 heavy (non-hydrogen) atoms. The number of amides is 1. The number of carbonyl (C=O) groups excluding carboxylic acids is 1. The quantitative estimate of drug-likeness (QED) is 0.521. The zero-order valence-electron chi connectivity index (χ0n) is 10.1. The fourth-order valence-corrected chi connectivity index (χ4v) is 1.73. The molecule has 92 valence electrons. The highest BCUT2D eigenvalue weighted by molar-refractivity contribution is 5.76. The van der Waals surface area contributed by atoms with Crippen LogP contribution in [0.1, 0.15) is 26.2 Å². The molecule has 0 saturated carbocycles. The molecule has 0 bridgehead atoms. The summed E-state index contributed by atoms with van der Waals surface area (Å²) >= 11 is 0. The summed E-state index contributed by atoms with van der Waals surface area (Å²) < 4.78 is 5.38. The second-order valence-corrected chi connectivity index (χ2v) is 4.36. The highest BCUT2D eigenvalue weighted by Gasteiger charge is 2.15. The van der Waals surface area contributed by atoms with Crippen LogP contribution >= 0.6 is 0 Å². The van der Waals surface area contributed by atoms with Crippen molar-refractivity contribution in [3.8, 4) is 0 Å². The summed E-state index contributed by atoms with van der Waals surface area (Å²) in [4.78, 5) is 11.3. The minimum Gasteiger partial charge on any atom is -0.376 e. The Balaban J connectivity index is 2.07. The van der Waals surface area contributed by atoms with E-state index in [9.17, 15) is 4.79 Å². The van der Waals surface area contributed by atoms with E-state index < -0.39 is 0 Å². The van der Waals surface area contributed by atoms with E-state index in [0.29, 0.717) is 25.7 Å². The summed E-state index contributed by atoms with van der Waals surface area (Å²) in [6, 6.07) is 0.302. The summed E-state index contributed by atoms with van der Waals surface area (Å²) in [7, 11) is 0. The van der Waals surface area contributed by atoms with Crippen LogP contribution in [0.3, 0.4) is 0 Å². The topological polar surface area (TPSA) is 50.4 Å². The number of hydrogen-bond donors (Lipinski definition) is 2. The molecule has 1 fully saturated rings. The van der Waals surface area contributed by atoms with Gasteiger partial charge in [-0.25, -0.2) is 0 Å².